The number of aryl methyl sites for hydroxylation is 1. The first kappa shape index (κ1) is 17.0. The van der Waals surface area contributed by atoms with Crippen LogP contribution in [0.1, 0.15) is 49.0 Å². The summed E-state index contributed by atoms with van der Waals surface area (Å²) in [5, 5.41) is 9.77. The quantitative estimate of drug-likeness (QED) is 0.910. The van der Waals surface area contributed by atoms with Crippen molar-refractivity contribution in [3.63, 3.8) is 0 Å². The van der Waals surface area contributed by atoms with Crippen molar-refractivity contribution in [2.75, 3.05) is 20.2 Å². The molecule has 1 heterocycles. The molecule has 1 aromatic rings. The van der Waals surface area contributed by atoms with Crippen molar-refractivity contribution >= 4 is 5.91 Å². The minimum atomic E-state index is -0.655. The molecule has 0 aliphatic carbocycles. The molecule has 4 heteroatoms. The van der Waals surface area contributed by atoms with Crippen LogP contribution in [0.5, 0.6) is 0 Å². The molecule has 2 rings (SSSR count). The van der Waals surface area contributed by atoms with E-state index in [0.717, 1.165) is 36.9 Å². The molecule has 122 valence electrons. The molecule has 0 radical (unpaired) electrons. The third-order valence-corrected chi connectivity index (χ3v) is 4.23. The van der Waals surface area contributed by atoms with Crippen molar-refractivity contribution in [3.05, 3.63) is 35.4 Å². The number of hydrogen-bond donors (Lipinski definition) is 1. The molecule has 1 fully saturated rings. The van der Waals surface area contributed by atoms with Gasteiger partial charge in [0.1, 0.15) is 0 Å². The number of likely N-dealkylation sites (tertiary alicyclic amines) is 1. The number of aliphatic hydroxyl groups is 1. The fourth-order valence-electron chi connectivity index (χ4n) is 2.76. The van der Waals surface area contributed by atoms with E-state index in [4.69, 9.17) is 4.74 Å². The number of piperidine rings is 1. The zero-order chi connectivity index (χ0) is 16.2. The highest BCUT2D eigenvalue weighted by Crippen LogP contribution is 2.17. The number of nitrogens with zero attached hydrogens (tertiary/aromatic N) is 1. The van der Waals surface area contributed by atoms with Gasteiger partial charge in [-0.3, -0.25) is 4.79 Å². The molecule has 0 saturated carbocycles. The smallest absolute Gasteiger partial charge is 0.253 e. The third kappa shape index (κ3) is 4.82. The van der Waals surface area contributed by atoms with E-state index in [1.165, 1.54) is 0 Å². The largest absolute Gasteiger partial charge is 0.390 e. The molecule has 1 atom stereocenters. The molecule has 1 unspecified atom stereocenters. The van der Waals surface area contributed by atoms with Gasteiger partial charge in [-0.1, -0.05) is 12.1 Å². The summed E-state index contributed by atoms with van der Waals surface area (Å²) in [7, 11) is 1.70. The van der Waals surface area contributed by atoms with E-state index in [1.54, 1.807) is 7.11 Å². The monoisotopic (exact) mass is 305 g/mol. The number of methoxy groups -OCH3 is 1. The topological polar surface area (TPSA) is 49.8 Å². The summed E-state index contributed by atoms with van der Waals surface area (Å²) in [5.74, 6) is 0.0794. The van der Waals surface area contributed by atoms with E-state index >= 15 is 0 Å². The van der Waals surface area contributed by atoms with Crippen LogP contribution < -0.4 is 0 Å². The molecule has 22 heavy (non-hydrogen) atoms. The lowest BCUT2D eigenvalue weighted by Gasteiger charge is -2.32. The Hall–Kier alpha value is -1.39. The van der Waals surface area contributed by atoms with Gasteiger partial charge in [-0.2, -0.15) is 0 Å². The molecule has 4 nitrogen and oxygen atoms in total. The van der Waals surface area contributed by atoms with Gasteiger partial charge in [0.25, 0.3) is 5.91 Å². The molecule has 0 spiro atoms. The second kappa shape index (κ2) is 7.25. The number of carbonyl (C=O) groups is 1. The predicted molar refractivity (Wildman–Crippen MR) is 87.0 cm³/mol. The first-order valence-electron chi connectivity index (χ1n) is 8.02. The maximum Gasteiger partial charge on any atom is 0.253 e. The third-order valence-electron chi connectivity index (χ3n) is 4.23. The van der Waals surface area contributed by atoms with Gasteiger partial charge in [-0.05, 0) is 57.2 Å². The molecular weight excluding hydrogens is 278 g/mol. The molecule has 1 N–H and O–H groups in total. The molecule has 0 aromatic heterocycles. The van der Waals surface area contributed by atoms with Crippen molar-refractivity contribution in [2.24, 2.45) is 0 Å². The molecule has 1 aromatic carbocycles. The van der Waals surface area contributed by atoms with Crippen molar-refractivity contribution in [2.45, 2.75) is 51.2 Å². The number of ether oxygens (including phenoxy) is 1. The van der Waals surface area contributed by atoms with Gasteiger partial charge in [-0.15, -0.1) is 0 Å². The summed E-state index contributed by atoms with van der Waals surface area (Å²) in [6.45, 7) is 5.11. The number of rotatable bonds is 5. The Balaban J connectivity index is 1.96. The van der Waals surface area contributed by atoms with Crippen LogP contribution in [0.2, 0.25) is 0 Å². The van der Waals surface area contributed by atoms with Gasteiger partial charge in [0, 0.05) is 25.8 Å². The lowest BCUT2D eigenvalue weighted by atomic mass is 9.98. The van der Waals surface area contributed by atoms with Gasteiger partial charge in [-0.25, -0.2) is 0 Å². The average Bonchev–Trinajstić information content (AvgIpc) is 2.52. The number of carbonyl (C=O) groups excluding carboxylic acids is 1. The summed E-state index contributed by atoms with van der Waals surface area (Å²) in [6.07, 6.45) is 3.70. The van der Waals surface area contributed by atoms with Crippen molar-refractivity contribution in [1.29, 1.82) is 0 Å². The highest BCUT2D eigenvalue weighted by atomic mass is 16.5. The second-order valence-corrected chi connectivity index (χ2v) is 6.76. The summed E-state index contributed by atoms with van der Waals surface area (Å²) in [4.78, 5) is 14.4. The van der Waals surface area contributed by atoms with Crippen LogP contribution >= 0.6 is 0 Å². The Morgan fingerprint density at radius 1 is 1.36 bits per heavy atom. The fraction of sp³-hybridized carbons (Fsp3) is 0.611. The van der Waals surface area contributed by atoms with Gasteiger partial charge < -0.3 is 14.7 Å². The highest BCUT2D eigenvalue weighted by Gasteiger charge is 2.24. The summed E-state index contributed by atoms with van der Waals surface area (Å²) in [6, 6.07) is 7.74. The Bertz CT molecular complexity index is 490. The van der Waals surface area contributed by atoms with Crippen molar-refractivity contribution < 1.29 is 14.6 Å². The molecule has 1 amide bonds. The maximum absolute atomic E-state index is 12.5. The summed E-state index contributed by atoms with van der Waals surface area (Å²) < 4.78 is 5.37. The first-order valence-corrected chi connectivity index (χ1v) is 8.02. The Morgan fingerprint density at radius 3 is 2.64 bits per heavy atom. The van der Waals surface area contributed by atoms with Crippen molar-refractivity contribution in [3.8, 4) is 0 Å². The molecule has 1 aliphatic heterocycles. The number of hydrogen-bond acceptors (Lipinski definition) is 3. The summed E-state index contributed by atoms with van der Waals surface area (Å²) >= 11 is 0. The standard InChI is InChI=1S/C18H27NO3/c1-18(2,21)11-10-14-6-8-15(9-7-14)17(20)19-12-4-5-16(13-19)22-3/h6-9,16,21H,4-5,10-13H2,1-3H3. The minimum absolute atomic E-state index is 0.0794. The molecule has 0 bridgehead atoms. The van der Waals surface area contributed by atoms with Gasteiger partial charge in [0.15, 0.2) is 0 Å². The summed E-state index contributed by atoms with van der Waals surface area (Å²) in [5.41, 5.74) is 1.22. The first-order chi connectivity index (χ1) is 10.4. The normalized spacial score (nSPS) is 19.3. The van der Waals surface area contributed by atoms with E-state index in [2.05, 4.69) is 0 Å². The number of benzene rings is 1. The second-order valence-electron chi connectivity index (χ2n) is 6.76. The van der Waals surface area contributed by atoms with Crippen LogP contribution in [-0.2, 0) is 11.2 Å². The zero-order valence-corrected chi connectivity index (χ0v) is 13.8. The lowest BCUT2D eigenvalue weighted by molar-refractivity contribution is 0.0269. The van der Waals surface area contributed by atoms with E-state index in [-0.39, 0.29) is 12.0 Å². The van der Waals surface area contributed by atoms with Crippen LogP contribution in [0.15, 0.2) is 24.3 Å². The van der Waals surface area contributed by atoms with Crippen LogP contribution in [0, 0.1) is 0 Å². The predicted octanol–water partition coefficient (Wildman–Crippen LogP) is 2.64. The van der Waals surface area contributed by atoms with E-state index in [0.29, 0.717) is 13.0 Å². The van der Waals surface area contributed by atoms with Crippen LogP contribution in [0.25, 0.3) is 0 Å². The van der Waals surface area contributed by atoms with Crippen LogP contribution in [-0.4, -0.2) is 47.8 Å². The van der Waals surface area contributed by atoms with Crippen LogP contribution in [0.4, 0.5) is 0 Å². The molecular formula is C18H27NO3. The SMILES string of the molecule is COC1CCCN(C(=O)c2ccc(CCC(C)(C)O)cc2)C1. The lowest BCUT2D eigenvalue weighted by Crippen LogP contribution is -2.42. The van der Waals surface area contributed by atoms with E-state index in [1.807, 2.05) is 43.0 Å². The average molecular weight is 305 g/mol. The zero-order valence-electron chi connectivity index (χ0n) is 13.8. The number of amides is 1. The maximum atomic E-state index is 12.5. The van der Waals surface area contributed by atoms with Crippen LogP contribution in [0.3, 0.4) is 0 Å². The molecule has 1 aliphatic rings. The highest BCUT2D eigenvalue weighted by molar-refractivity contribution is 5.94. The van der Waals surface area contributed by atoms with Gasteiger partial charge in [0.05, 0.1) is 11.7 Å². The molecule has 1 saturated heterocycles. The Labute approximate surface area is 133 Å². The van der Waals surface area contributed by atoms with Gasteiger partial charge in [0.2, 0.25) is 0 Å². The van der Waals surface area contributed by atoms with Gasteiger partial charge >= 0.3 is 0 Å². The van der Waals surface area contributed by atoms with E-state index in [9.17, 15) is 9.90 Å². The Kier molecular flexibility index (Phi) is 5.59. The van der Waals surface area contributed by atoms with Crippen molar-refractivity contribution in [1.82, 2.24) is 4.90 Å². The Morgan fingerprint density at radius 2 is 2.05 bits per heavy atom. The minimum Gasteiger partial charge on any atom is -0.390 e. The van der Waals surface area contributed by atoms with E-state index < -0.39 is 5.60 Å². The fourth-order valence-corrected chi connectivity index (χ4v) is 2.76.